The molecule has 2 rings (SSSR count). The number of amides is 1. The number of hydrogen-bond acceptors (Lipinski definition) is 7. The molecule has 0 saturated carbocycles. The number of ketones is 2. The monoisotopic (exact) mass is 489 g/mol. The standard InChI is InChI=1S/C27H39NO7/c1-18(24(29)13-9-8-12-21-10-6-5-7-11-21)14-22(33-4)15-19(2)25(30)20(3)26(31)34-17-23-16-28-27(32)35-23/h5-7,10-11,18-20,22-23H,8-9,12-17H2,1-4H3,(H,28,32)/t18-,19-,20?,22?,23?/m1/s1. The van der Waals surface area contributed by atoms with Crippen molar-refractivity contribution in [3.63, 3.8) is 0 Å². The van der Waals surface area contributed by atoms with E-state index in [1.54, 1.807) is 14.0 Å². The molecule has 0 bridgehead atoms. The number of rotatable bonds is 16. The van der Waals surface area contributed by atoms with Crippen LogP contribution in [0.2, 0.25) is 0 Å². The van der Waals surface area contributed by atoms with Crippen LogP contribution in [0.25, 0.3) is 0 Å². The Morgan fingerprint density at radius 3 is 2.37 bits per heavy atom. The predicted octanol–water partition coefficient (Wildman–Crippen LogP) is 3.89. The SMILES string of the molecule is COC(C[C@@H](C)C(=O)CCCCc1ccccc1)C[C@@H](C)C(=O)C(C)C(=O)OCC1CNC(=O)O1. The van der Waals surface area contributed by atoms with Crippen molar-refractivity contribution in [1.29, 1.82) is 0 Å². The maximum atomic E-state index is 12.8. The molecule has 0 spiro atoms. The Bertz CT molecular complexity index is 841. The zero-order chi connectivity index (χ0) is 25.8. The first-order chi connectivity index (χ1) is 16.7. The van der Waals surface area contributed by atoms with Gasteiger partial charge in [-0.2, -0.15) is 0 Å². The van der Waals surface area contributed by atoms with Gasteiger partial charge in [0.2, 0.25) is 0 Å². The summed E-state index contributed by atoms with van der Waals surface area (Å²) in [5.41, 5.74) is 1.28. The molecule has 1 aliphatic rings. The van der Waals surface area contributed by atoms with E-state index in [0.717, 1.165) is 19.3 Å². The second-order valence-electron chi connectivity index (χ2n) is 9.45. The molecular formula is C27H39NO7. The van der Waals surface area contributed by atoms with Crippen LogP contribution in [-0.4, -0.2) is 56.1 Å². The molecule has 1 aromatic rings. The lowest BCUT2D eigenvalue weighted by Gasteiger charge is -2.23. The van der Waals surface area contributed by atoms with Crippen molar-refractivity contribution in [1.82, 2.24) is 5.32 Å². The largest absolute Gasteiger partial charge is 0.461 e. The number of carbonyl (C=O) groups is 4. The van der Waals surface area contributed by atoms with Crippen molar-refractivity contribution in [3.8, 4) is 0 Å². The fourth-order valence-electron chi connectivity index (χ4n) is 4.21. The Balaban J connectivity index is 1.71. The van der Waals surface area contributed by atoms with Gasteiger partial charge in [0.15, 0.2) is 6.10 Å². The predicted molar refractivity (Wildman–Crippen MR) is 131 cm³/mol. The quantitative estimate of drug-likeness (QED) is 0.213. The van der Waals surface area contributed by atoms with Gasteiger partial charge in [0.05, 0.1) is 12.6 Å². The van der Waals surface area contributed by atoms with Crippen LogP contribution >= 0.6 is 0 Å². The van der Waals surface area contributed by atoms with Crippen LogP contribution in [0.3, 0.4) is 0 Å². The zero-order valence-corrected chi connectivity index (χ0v) is 21.3. The number of cyclic esters (lactones) is 1. The van der Waals surface area contributed by atoms with E-state index in [1.807, 2.05) is 25.1 Å². The molecule has 1 saturated heterocycles. The van der Waals surface area contributed by atoms with Gasteiger partial charge in [0, 0.05) is 25.4 Å². The normalized spacial score (nSPS) is 18.6. The van der Waals surface area contributed by atoms with Gasteiger partial charge in [0.1, 0.15) is 24.1 Å². The van der Waals surface area contributed by atoms with E-state index in [0.29, 0.717) is 19.3 Å². The van der Waals surface area contributed by atoms with Gasteiger partial charge in [0.25, 0.3) is 0 Å². The van der Waals surface area contributed by atoms with Crippen LogP contribution in [0.5, 0.6) is 0 Å². The highest BCUT2D eigenvalue weighted by molar-refractivity contribution is 5.99. The summed E-state index contributed by atoms with van der Waals surface area (Å²) >= 11 is 0. The number of esters is 1. The number of hydrogen-bond donors (Lipinski definition) is 1. The van der Waals surface area contributed by atoms with Crippen LogP contribution in [0, 0.1) is 17.8 Å². The van der Waals surface area contributed by atoms with E-state index < -0.39 is 30.0 Å². The maximum absolute atomic E-state index is 12.8. The van der Waals surface area contributed by atoms with Crippen molar-refractivity contribution < 1.29 is 33.4 Å². The zero-order valence-electron chi connectivity index (χ0n) is 21.3. The summed E-state index contributed by atoms with van der Waals surface area (Å²) in [4.78, 5) is 48.7. The van der Waals surface area contributed by atoms with E-state index in [2.05, 4.69) is 17.4 Å². The highest BCUT2D eigenvalue weighted by Gasteiger charge is 2.31. The van der Waals surface area contributed by atoms with Crippen LogP contribution in [0.15, 0.2) is 30.3 Å². The van der Waals surface area contributed by atoms with Crippen molar-refractivity contribution in [2.45, 2.75) is 71.5 Å². The Kier molecular flexibility index (Phi) is 11.9. The van der Waals surface area contributed by atoms with Gasteiger partial charge in [-0.15, -0.1) is 0 Å². The van der Waals surface area contributed by atoms with Crippen LogP contribution in [0.1, 0.15) is 58.4 Å². The second-order valence-corrected chi connectivity index (χ2v) is 9.45. The van der Waals surface area contributed by atoms with E-state index in [1.165, 1.54) is 12.5 Å². The molecule has 5 atom stereocenters. The number of alkyl carbamates (subject to hydrolysis) is 1. The molecule has 8 heteroatoms. The molecule has 0 aromatic heterocycles. The van der Waals surface area contributed by atoms with Gasteiger partial charge in [-0.3, -0.25) is 14.4 Å². The van der Waals surface area contributed by atoms with Crippen molar-refractivity contribution in [3.05, 3.63) is 35.9 Å². The summed E-state index contributed by atoms with van der Waals surface area (Å²) in [6.45, 7) is 5.36. The van der Waals surface area contributed by atoms with Gasteiger partial charge in [-0.05, 0) is 44.6 Å². The van der Waals surface area contributed by atoms with Crippen molar-refractivity contribution >= 4 is 23.6 Å². The number of ether oxygens (including phenoxy) is 3. The van der Waals surface area contributed by atoms with Crippen LogP contribution in [0.4, 0.5) is 4.79 Å². The fraction of sp³-hybridized carbons (Fsp3) is 0.630. The molecule has 0 aliphatic carbocycles. The maximum Gasteiger partial charge on any atom is 0.407 e. The van der Waals surface area contributed by atoms with Crippen LogP contribution < -0.4 is 5.32 Å². The summed E-state index contributed by atoms with van der Waals surface area (Å²) in [5.74, 6) is -2.20. The first kappa shape index (κ1) is 28.5. The molecule has 8 nitrogen and oxygen atoms in total. The van der Waals surface area contributed by atoms with Crippen molar-refractivity contribution in [2.24, 2.45) is 17.8 Å². The van der Waals surface area contributed by atoms with Crippen molar-refractivity contribution in [2.75, 3.05) is 20.3 Å². The molecule has 0 radical (unpaired) electrons. The first-order valence-electron chi connectivity index (χ1n) is 12.5. The summed E-state index contributed by atoms with van der Waals surface area (Å²) < 4.78 is 15.6. The third-order valence-corrected chi connectivity index (χ3v) is 6.52. The Labute approximate surface area is 208 Å². The molecule has 194 valence electrons. The lowest BCUT2D eigenvalue weighted by Crippen LogP contribution is -2.33. The summed E-state index contributed by atoms with van der Waals surface area (Å²) in [5, 5.41) is 2.48. The number of benzene rings is 1. The van der Waals surface area contributed by atoms with Gasteiger partial charge in [-0.25, -0.2) is 4.79 Å². The van der Waals surface area contributed by atoms with Gasteiger partial charge in [-0.1, -0.05) is 44.2 Å². The molecule has 3 unspecified atom stereocenters. The molecule has 1 N–H and O–H groups in total. The number of carbonyl (C=O) groups excluding carboxylic acids is 4. The summed E-state index contributed by atoms with van der Waals surface area (Å²) in [6, 6.07) is 10.2. The molecule has 1 aliphatic heterocycles. The Morgan fingerprint density at radius 2 is 1.74 bits per heavy atom. The lowest BCUT2D eigenvalue weighted by molar-refractivity contribution is -0.154. The molecule has 1 aromatic carbocycles. The smallest absolute Gasteiger partial charge is 0.407 e. The lowest BCUT2D eigenvalue weighted by atomic mass is 9.87. The third kappa shape index (κ3) is 9.80. The third-order valence-electron chi connectivity index (χ3n) is 6.52. The van der Waals surface area contributed by atoms with Gasteiger partial charge < -0.3 is 19.5 Å². The molecule has 35 heavy (non-hydrogen) atoms. The Hall–Kier alpha value is -2.74. The second kappa shape index (κ2) is 14.6. The number of nitrogens with one attached hydrogen (secondary N) is 1. The van der Waals surface area contributed by atoms with E-state index in [-0.39, 0.29) is 36.7 Å². The minimum absolute atomic E-state index is 0.0881. The van der Waals surface area contributed by atoms with E-state index >= 15 is 0 Å². The summed E-state index contributed by atoms with van der Waals surface area (Å²) in [6.07, 6.45) is 2.92. The average Bonchev–Trinajstić information content (AvgIpc) is 3.28. The van der Waals surface area contributed by atoms with Gasteiger partial charge >= 0.3 is 12.1 Å². The average molecular weight is 490 g/mol. The fourth-order valence-corrected chi connectivity index (χ4v) is 4.21. The molecular weight excluding hydrogens is 450 g/mol. The molecule has 1 fully saturated rings. The highest BCUT2D eigenvalue weighted by atomic mass is 16.6. The number of Topliss-reactive ketones (excluding diaryl/α,β-unsaturated/α-hetero) is 2. The van der Waals surface area contributed by atoms with Crippen LogP contribution in [-0.2, 0) is 35.0 Å². The molecule has 1 heterocycles. The topological polar surface area (TPSA) is 108 Å². The number of aryl methyl sites for hydroxylation is 1. The highest BCUT2D eigenvalue weighted by Crippen LogP contribution is 2.22. The van der Waals surface area contributed by atoms with E-state index in [9.17, 15) is 19.2 Å². The Morgan fingerprint density at radius 1 is 1.06 bits per heavy atom. The molecule has 1 amide bonds. The minimum Gasteiger partial charge on any atom is -0.461 e. The first-order valence-corrected chi connectivity index (χ1v) is 12.5. The summed E-state index contributed by atoms with van der Waals surface area (Å²) in [7, 11) is 1.58. The number of unbranched alkanes of at least 4 members (excludes halogenated alkanes) is 1. The van der Waals surface area contributed by atoms with E-state index in [4.69, 9.17) is 14.2 Å². The minimum atomic E-state index is -0.934. The number of methoxy groups -OCH3 is 1.